The molecule has 0 bridgehead atoms. The Morgan fingerprint density at radius 3 is 2.78 bits per heavy atom. The van der Waals surface area contributed by atoms with Crippen molar-refractivity contribution in [2.45, 2.75) is 24.6 Å². The average Bonchev–Trinajstić information content (AvgIpc) is 3.21. The average molecular weight is 395 g/mol. The third kappa shape index (κ3) is 2.30. The number of likely N-dealkylation sites (tertiary alicyclic amines) is 1. The summed E-state index contributed by atoms with van der Waals surface area (Å²) in [7, 11) is 1.49. The van der Waals surface area contributed by atoms with E-state index in [-0.39, 0.29) is 19.1 Å². The Balaban J connectivity index is 1.87. The molecular formula is C18H21ClN3O5+. The number of aliphatic hydroxyl groups excluding tert-OH is 1. The van der Waals surface area contributed by atoms with Crippen LogP contribution in [-0.2, 0) is 24.7 Å². The number of halogens is 1. The molecule has 0 aliphatic carbocycles. The van der Waals surface area contributed by atoms with E-state index in [2.05, 4.69) is 5.32 Å². The molecule has 3 amide bonds. The van der Waals surface area contributed by atoms with Crippen LogP contribution < -0.4 is 10.6 Å². The molecule has 2 saturated heterocycles. The van der Waals surface area contributed by atoms with E-state index in [4.69, 9.17) is 16.3 Å². The zero-order valence-electron chi connectivity index (χ0n) is 14.9. The Bertz CT molecular complexity index is 844. The molecule has 1 spiro atoms. The molecule has 144 valence electrons. The standard InChI is InChI=1S/C18H20ClN3O5/c1-8(23)13-11-12(16(25)22(15(11)24)6-7-27-2)18(21-13)9-4-3-5-10(19)14(9)20-17(18)26/h3-5,8,11-13,21,23H,6-7H2,1-2H3,(H,20,26)/p+1/t8-,11+,12+,13-,18+/m1/s1. The van der Waals surface area contributed by atoms with Crippen LogP contribution in [0.15, 0.2) is 18.2 Å². The Labute approximate surface area is 160 Å². The third-order valence-corrected chi connectivity index (χ3v) is 6.27. The van der Waals surface area contributed by atoms with Gasteiger partial charge in [0.25, 0.3) is 5.91 Å². The van der Waals surface area contributed by atoms with Gasteiger partial charge in [0.15, 0.2) is 0 Å². The van der Waals surface area contributed by atoms with E-state index in [9.17, 15) is 19.5 Å². The lowest BCUT2D eigenvalue weighted by Gasteiger charge is -2.26. The number of anilines is 1. The molecule has 9 heteroatoms. The fourth-order valence-corrected chi connectivity index (χ4v) is 5.00. The number of quaternary nitrogens is 1. The van der Waals surface area contributed by atoms with E-state index in [1.165, 1.54) is 7.11 Å². The van der Waals surface area contributed by atoms with E-state index in [1.54, 1.807) is 30.4 Å². The summed E-state index contributed by atoms with van der Waals surface area (Å²) in [6.45, 7) is 1.90. The molecule has 0 radical (unpaired) electrons. The first kappa shape index (κ1) is 18.4. The molecular weight excluding hydrogens is 374 g/mol. The molecule has 3 aliphatic heterocycles. The Kier molecular flexibility index (Phi) is 4.27. The first-order valence-corrected chi connectivity index (χ1v) is 9.21. The number of hydrogen-bond acceptors (Lipinski definition) is 5. The third-order valence-electron chi connectivity index (χ3n) is 5.95. The number of ether oxygens (including phenoxy) is 1. The van der Waals surface area contributed by atoms with Crippen LogP contribution >= 0.6 is 11.6 Å². The highest BCUT2D eigenvalue weighted by Crippen LogP contribution is 2.50. The van der Waals surface area contributed by atoms with Crippen LogP contribution in [-0.4, -0.2) is 60.1 Å². The highest BCUT2D eigenvalue weighted by Gasteiger charge is 2.74. The fraction of sp³-hybridized carbons (Fsp3) is 0.500. The molecule has 0 aromatic heterocycles. The minimum atomic E-state index is -1.32. The molecule has 4 rings (SSSR count). The fourth-order valence-electron chi connectivity index (χ4n) is 4.78. The first-order chi connectivity index (χ1) is 12.8. The molecule has 0 saturated carbocycles. The van der Waals surface area contributed by atoms with Crippen molar-refractivity contribution in [1.82, 2.24) is 4.90 Å². The number of rotatable bonds is 4. The first-order valence-electron chi connectivity index (χ1n) is 8.83. The quantitative estimate of drug-likeness (QED) is 0.571. The van der Waals surface area contributed by atoms with E-state index in [0.717, 1.165) is 4.90 Å². The van der Waals surface area contributed by atoms with Gasteiger partial charge >= 0.3 is 0 Å². The number of carbonyl (C=O) groups is 3. The summed E-state index contributed by atoms with van der Waals surface area (Å²) >= 11 is 6.24. The highest BCUT2D eigenvalue weighted by atomic mass is 35.5. The number of hydrogen-bond donors (Lipinski definition) is 3. The second kappa shape index (κ2) is 6.27. The number of carbonyl (C=O) groups excluding carboxylic acids is 3. The smallest absolute Gasteiger partial charge is 0.291 e. The summed E-state index contributed by atoms with van der Waals surface area (Å²) in [5.41, 5.74) is -0.282. The van der Waals surface area contributed by atoms with Gasteiger partial charge in [-0.15, -0.1) is 0 Å². The number of nitrogens with zero attached hydrogens (tertiary/aromatic N) is 1. The summed E-state index contributed by atoms with van der Waals surface area (Å²) < 4.78 is 5.01. The van der Waals surface area contributed by atoms with Crippen LogP contribution in [0.25, 0.3) is 0 Å². The zero-order chi connectivity index (χ0) is 19.5. The number of nitrogens with one attached hydrogen (secondary N) is 1. The van der Waals surface area contributed by atoms with E-state index in [0.29, 0.717) is 16.3 Å². The van der Waals surface area contributed by atoms with E-state index >= 15 is 0 Å². The van der Waals surface area contributed by atoms with Crippen molar-refractivity contribution in [3.05, 3.63) is 28.8 Å². The van der Waals surface area contributed by atoms with Gasteiger partial charge in [0.05, 0.1) is 23.9 Å². The Morgan fingerprint density at radius 1 is 1.37 bits per heavy atom. The van der Waals surface area contributed by atoms with Crippen LogP contribution in [0.1, 0.15) is 12.5 Å². The van der Waals surface area contributed by atoms with Gasteiger partial charge in [-0.2, -0.15) is 0 Å². The van der Waals surface area contributed by atoms with E-state index < -0.39 is 41.3 Å². The number of amides is 3. The van der Waals surface area contributed by atoms with Crippen LogP contribution in [0.4, 0.5) is 5.69 Å². The van der Waals surface area contributed by atoms with Gasteiger partial charge in [-0.1, -0.05) is 17.7 Å². The van der Waals surface area contributed by atoms with Crippen molar-refractivity contribution in [1.29, 1.82) is 0 Å². The number of para-hydroxylation sites is 1. The SMILES string of the molecule is COCCN1C(=O)[C@@H]2[C@@H]([C@@H](C)O)[NH2+][C@]3(C(=O)Nc4c(Cl)cccc43)[C@@H]2C1=O. The lowest BCUT2D eigenvalue weighted by molar-refractivity contribution is -0.738. The molecule has 2 fully saturated rings. The van der Waals surface area contributed by atoms with Gasteiger partial charge in [-0.05, 0) is 19.1 Å². The van der Waals surface area contributed by atoms with Crippen LogP contribution in [0, 0.1) is 11.8 Å². The number of fused-ring (bicyclic) bond motifs is 4. The van der Waals surface area contributed by atoms with Crippen LogP contribution in [0.5, 0.6) is 0 Å². The largest absolute Gasteiger partial charge is 0.387 e. The van der Waals surface area contributed by atoms with E-state index in [1.807, 2.05) is 0 Å². The summed E-state index contributed by atoms with van der Waals surface area (Å²) in [4.78, 5) is 40.5. The van der Waals surface area contributed by atoms with Crippen LogP contribution in [0.3, 0.4) is 0 Å². The predicted molar refractivity (Wildman–Crippen MR) is 94.7 cm³/mol. The number of nitrogens with two attached hydrogens (primary N) is 1. The van der Waals surface area contributed by atoms with Gasteiger partial charge < -0.3 is 20.5 Å². The van der Waals surface area contributed by atoms with Crippen molar-refractivity contribution in [3.8, 4) is 0 Å². The van der Waals surface area contributed by atoms with Crippen molar-refractivity contribution >= 4 is 35.0 Å². The van der Waals surface area contributed by atoms with Crippen LogP contribution in [0.2, 0.25) is 5.02 Å². The monoisotopic (exact) mass is 394 g/mol. The summed E-state index contributed by atoms with van der Waals surface area (Å²) in [5, 5.41) is 15.1. The Morgan fingerprint density at radius 2 is 2.11 bits per heavy atom. The zero-order valence-corrected chi connectivity index (χ0v) is 15.7. The molecule has 27 heavy (non-hydrogen) atoms. The van der Waals surface area contributed by atoms with Crippen molar-refractivity contribution in [2.75, 3.05) is 25.6 Å². The lowest BCUT2D eigenvalue weighted by Crippen LogP contribution is -3.00. The molecule has 5 atom stereocenters. The van der Waals surface area contributed by atoms with Gasteiger partial charge in [0.2, 0.25) is 17.4 Å². The molecule has 4 N–H and O–H groups in total. The molecule has 3 aliphatic rings. The normalized spacial score (nSPS) is 32.8. The second-order valence-corrected chi connectivity index (χ2v) is 7.70. The maximum absolute atomic E-state index is 13.2. The Hall–Kier alpha value is -2.00. The topological polar surface area (TPSA) is 113 Å². The molecule has 8 nitrogen and oxygen atoms in total. The van der Waals surface area contributed by atoms with Gasteiger partial charge in [-0.25, -0.2) is 0 Å². The molecule has 1 aromatic carbocycles. The number of imide groups is 1. The maximum Gasteiger partial charge on any atom is 0.291 e. The predicted octanol–water partition coefficient (Wildman–Crippen LogP) is -0.939. The number of benzene rings is 1. The minimum Gasteiger partial charge on any atom is -0.387 e. The number of aliphatic hydroxyl groups is 1. The molecule has 0 unspecified atom stereocenters. The molecule has 3 heterocycles. The number of methoxy groups -OCH3 is 1. The minimum absolute atomic E-state index is 0.119. The highest BCUT2D eigenvalue weighted by molar-refractivity contribution is 6.35. The van der Waals surface area contributed by atoms with Crippen molar-refractivity contribution in [3.63, 3.8) is 0 Å². The summed E-state index contributed by atoms with van der Waals surface area (Å²) in [5.74, 6) is -2.86. The van der Waals surface area contributed by atoms with Crippen molar-refractivity contribution in [2.24, 2.45) is 11.8 Å². The maximum atomic E-state index is 13.2. The second-order valence-electron chi connectivity index (χ2n) is 7.29. The summed E-state index contributed by atoms with van der Waals surface area (Å²) in [6, 6.07) is 4.50. The molecule has 1 aromatic rings. The summed E-state index contributed by atoms with van der Waals surface area (Å²) in [6.07, 6.45) is -0.882. The van der Waals surface area contributed by atoms with Crippen molar-refractivity contribution < 1.29 is 29.5 Å². The van der Waals surface area contributed by atoms with Gasteiger partial charge in [-0.3, -0.25) is 19.3 Å². The lowest BCUT2D eigenvalue weighted by atomic mass is 9.76. The van der Waals surface area contributed by atoms with Gasteiger partial charge in [0, 0.05) is 12.7 Å². The van der Waals surface area contributed by atoms with Gasteiger partial charge in [0.1, 0.15) is 24.0 Å².